The Morgan fingerprint density at radius 3 is 3.00 bits per heavy atom. The molecule has 2 aliphatic heterocycles. The molecule has 2 saturated heterocycles. The number of fused-ring (bicyclic) bond motifs is 1. The number of nitrogens with zero attached hydrogens (tertiary/aromatic N) is 1. The Balaban J connectivity index is 2.05. The number of esters is 1. The van der Waals surface area contributed by atoms with Gasteiger partial charge in [-0.05, 0) is 13.3 Å². The van der Waals surface area contributed by atoms with Gasteiger partial charge in [-0.3, -0.25) is 9.59 Å². The van der Waals surface area contributed by atoms with Crippen molar-refractivity contribution in [1.82, 2.24) is 4.90 Å². The van der Waals surface area contributed by atoms with E-state index in [4.69, 9.17) is 10.5 Å². The number of primary amides is 1. The van der Waals surface area contributed by atoms with Crippen molar-refractivity contribution >= 4 is 29.5 Å². The predicted octanol–water partition coefficient (Wildman–Crippen LogP) is -0.531. The number of thioether (sulfide) groups is 1. The average Bonchev–Trinajstić information content (AvgIpc) is 2.73. The van der Waals surface area contributed by atoms with E-state index in [1.807, 2.05) is 6.92 Å². The first kappa shape index (κ1) is 12.2. The van der Waals surface area contributed by atoms with Gasteiger partial charge in [0.15, 0.2) is 6.61 Å². The Morgan fingerprint density at radius 1 is 1.65 bits per heavy atom. The van der Waals surface area contributed by atoms with E-state index >= 15 is 0 Å². The van der Waals surface area contributed by atoms with Crippen LogP contribution >= 0.6 is 11.8 Å². The lowest BCUT2D eigenvalue weighted by Gasteiger charge is -2.29. The molecule has 0 aliphatic carbocycles. The van der Waals surface area contributed by atoms with Crippen molar-refractivity contribution in [1.29, 1.82) is 0 Å². The lowest BCUT2D eigenvalue weighted by molar-refractivity contribution is -0.155. The number of rotatable bonds is 3. The predicted molar refractivity (Wildman–Crippen MR) is 60.9 cm³/mol. The summed E-state index contributed by atoms with van der Waals surface area (Å²) < 4.78 is 4.77. The summed E-state index contributed by atoms with van der Waals surface area (Å²) in [7, 11) is 0. The topological polar surface area (TPSA) is 89.7 Å². The summed E-state index contributed by atoms with van der Waals surface area (Å²) in [6.45, 7) is 1.52. The van der Waals surface area contributed by atoms with Crippen LogP contribution in [0.2, 0.25) is 0 Å². The van der Waals surface area contributed by atoms with Crippen LogP contribution in [0.1, 0.15) is 19.8 Å². The van der Waals surface area contributed by atoms with Crippen LogP contribution < -0.4 is 5.73 Å². The fourth-order valence-corrected chi connectivity index (χ4v) is 3.65. The van der Waals surface area contributed by atoms with Gasteiger partial charge in [0.2, 0.25) is 5.91 Å². The lowest BCUT2D eigenvalue weighted by atomic mass is 10.2. The second kappa shape index (κ2) is 4.21. The Hall–Kier alpha value is -1.24. The Labute approximate surface area is 103 Å². The van der Waals surface area contributed by atoms with Crippen molar-refractivity contribution in [3.8, 4) is 0 Å². The van der Waals surface area contributed by atoms with Gasteiger partial charge in [-0.25, -0.2) is 4.79 Å². The summed E-state index contributed by atoms with van der Waals surface area (Å²) in [6, 6.07) is -0.584. The number of carbonyl (C=O) groups is 3. The van der Waals surface area contributed by atoms with Crippen LogP contribution in [0.3, 0.4) is 0 Å². The van der Waals surface area contributed by atoms with Gasteiger partial charge in [-0.15, -0.1) is 11.8 Å². The summed E-state index contributed by atoms with van der Waals surface area (Å²) >= 11 is 1.58. The summed E-state index contributed by atoms with van der Waals surface area (Å²) in [4.78, 5) is 35.3. The van der Waals surface area contributed by atoms with E-state index in [-0.39, 0.29) is 10.8 Å². The molecule has 0 aromatic carbocycles. The number of amides is 2. The third-order valence-electron chi connectivity index (χ3n) is 3.07. The summed E-state index contributed by atoms with van der Waals surface area (Å²) in [6.07, 6.45) is 1.21. The number of hydrogen-bond donors (Lipinski definition) is 1. The van der Waals surface area contributed by atoms with Crippen LogP contribution in [0, 0.1) is 0 Å². The van der Waals surface area contributed by atoms with Crippen LogP contribution in [-0.4, -0.2) is 46.0 Å². The molecular formula is C10H14N2O4S. The Morgan fingerprint density at radius 2 is 2.35 bits per heavy atom. The van der Waals surface area contributed by atoms with Crippen molar-refractivity contribution in [2.45, 2.75) is 30.7 Å². The summed E-state index contributed by atoms with van der Waals surface area (Å²) in [5.74, 6) is -0.756. The van der Waals surface area contributed by atoms with Gasteiger partial charge in [-0.1, -0.05) is 0 Å². The number of carbonyl (C=O) groups excluding carboxylic acids is 3. The van der Waals surface area contributed by atoms with Gasteiger partial charge in [0.05, 0.1) is 4.87 Å². The minimum Gasteiger partial charge on any atom is -0.454 e. The quantitative estimate of drug-likeness (QED) is 0.687. The van der Waals surface area contributed by atoms with Gasteiger partial charge in [0.25, 0.3) is 5.91 Å². The van der Waals surface area contributed by atoms with Gasteiger partial charge in [0.1, 0.15) is 6.04 Å². The van der Waals surface area contributed by atoms with E-state index in [0.29, 0.717) is 12.2 Å². The smallest absolute Gasteiger partial charge is 0.330 e. The van der Waals surface area contributed by atoms with Crippen molar-refractivity contribution in [3.05, 3.63) is 0 Å². The zero-order valence-corrected chi connectivity index (χ0v) is 10.3. The molecule has 2 N–H and O–H groups in total. The van der Waals surface area contributed by atoms with Crippen molar-refractivity contribution < 1.29 is 19.1 Å². The monoisotopic (exact) mass is 258 g/mol. The normalized spacial score (nSPS) is 31.5. The molecule has 0 unspecified atom stereocenters. The maximum absolute atomic E-state index is 11.7. The molecule has 0 bridgehead atoms. The molecule has 0 radical (unpaired) electrons. The second-order valence-corrected chi connectivity index (χ2v) is 5.84. The first-order valence-electron chi connectivity index (χ1n) is 5.35. The van der Waals surface area contributed by atoms with Gasteiger partial charge >= 0.3 is 5.97 Å². The Bertz CT molecular complexity index is 387. The van der Waals surface area contributed by atoms with E-state index in [1.54, 1.807) is 16.7 Å². The molecule has 0 saturated carbocycles. The van der Waals surface area contributed by atoms with E-state index in [1.165, 1.54) is 0 Å². The number of nitrogens with two attached hydrogens (primary N) is 1. The number of hydrogen-bond acceptors (Lipinski definition) is 5. The molecule has 0 aromatic rings. The standard InChI is InChI=1S/C10H14N2O4S/c1-10-3-2-8(14)12(10)6(5-17-10)9(15)16-4-7(11)13/h6H,2-5H2,1H3,(H2,11,13)/t6-,10-/m0/s1. The number of ether oxygens (including phenoxy) is 1. The van der Waals surface area contributed by atoms with Crippen molar-refractivity contribution in [3.63, 3.8) is 0 Å². The minimum atomic E-state index is -0.695. The molecule has 17 heavy (non-hydrogen) atoms. The molecule has 2 heterocycles. The van der Waals surface area contributed by atoms with Crippen LogP contribution in [0.4, 0.5) is 0 Å². The third-order valence-corrected chi connectivity index (χ3v) is 4.58. The van der Waals surface area contributed by atoms with Crippen LogP contribution in [0.25, 0.3) is 0 Å². The average molecular weight is 258 g/mol. The zero-order valence-electron chi connectivity index (χ0n) is 9.47. The molecule has 2 rings (SSSR count). The molecule has 0 spiro atoms. The first-order chi connectivity index (χ1) is 7.94. The first-order valence-corrected chi connectivity index (χ1v) is 6.34. The van der Waals surface area contributed by atoms with Gasteiger partial charge < -0.3 is 15.4 Å². The van der Waals surface area contributed by atoms with Gasteiger partial charge in [0, 0.05) is 12.2 Å². The van der Waals surface area contributed by atoms with E-state index in [9.17, 15) is 14.4 Å². The largest absolute Gasteiger partial charge is 0.454 e. The van der Waals surface area contributed by atoms with Crippen LogP contribution in [0.5, 0.6) is 0 Å². The second-order valence-electron chi connectivity index (χ2n) is 4.34. The summed E-state index contributed by atoms with van der Waals surface area (Å²) in [5.41, 5.74) is 4.90. The molecule has 7 heteroatoms. The molecule has 2 amide bonds. The molecule has 94 valence electrons. The fraction of sp³-hybridized carbons (Fsp3) is 0.700. The molecule has 2 aliphatic rings. The maximum Gasteiger partial charge on any atom is 0.330 e. The highest BCUT2D eigenvalue weighted by atomic mass is 32.2. The van der Waals surface area contributed by atoms with Crippen LogP contribution in [-0.2, 0) is 19.1 Å². The highest BCUT2D eigenvalue weighted by molar-refractivity contribution is 8.01. The molecular weight excluding hydrogens is 244 g/mol. The van der Waals surface area contributed by atoms with E-state index < -0.39 is 24.5 Å². The molecule has 2 atom stereocenters. The maximum atomic E-state index is 11.7. The van der Waals surface area contributed by atoms with E-state index in [2.05, 4.69) is 0 Å². The SMILES string of the molecule is C[C@]12CCC(=O)N1[C@H](C(=O)OCC(N)=O)CS2. The highest BCUT2D eigenvalue weighted by Crippen LogP contribution is 2.47. The molecule has 0 aromatic heterocycles. The van der Waals surface area contributed by atoms with Gasteiger partial charge in [-0.2, -0.15) is 0 Å². The van der Waals surface area contributed by atoms with E-state index in [0.717, 1.165) is 6.42 Å². The molecule has 2 fully saturated rings. The van der Waals surface area contributed by atoms with Crippen molar-refractivity contribution in [2.24, 2.45) is 5.73 Å². The van der Waals surface area contributed by atoms with Crippen molar-refractivity contribution in [2.75, 3.05) is 12.4 Å². The zero-order chi connectivity index (χ0) is 12.6. The highest BCUT2D eigenvalue weighted by Gasteiger charge is 2.53. The minimum absolute atomic E-state index is 0.0291. The summed E-state index contributed by atoms with van der Waals surface area (Å²) in [5, 5.41) is 0. The Kier molecular flexibility index (Phi) is 3.03. The molecule has 6 nitrogen and oxygen atoms in total. The third kappa shape index (κ3) is 2.11. The lowest BCUT2D eigenvalue weighted by Crippen LogP contribution is -2.47. The van der Waals surface area contributed by atoms with Crippen LogP contribution in [0.15, 0.2) is 0 Å². The fourth-order valence-electron chi connectivity index (χ4n) is 2.23.